The lowest BCUT2D eigenvalue weighted by Crippen LogP contribution is -1.86. The van der Waals surface area contributed by atoms with Crippen molar-refractivity contribution in [3.63, 3.8) is 0 Å². The van der Waals surface area contributed by atoms with E-state index in [0.29, 0.717) is 5.92 Å². The third-order valence-corrected chi connectivity index (χ3v) is 2.01. The van der Waals surface area contributed by atoms with Gasteiger partial charge in [-0.1, -0.05) is 43.7 Å². The van der Waals surface area contributed by atoms with E-state index in [1.54, 1.807) is 0 Å². The molecule has 0 aromatic rings. The van der Waals surface area contributed by atoms with Crippen molar-refractivity contribution in [1.29, 1.82) is 0 Å². The zero-order valence-electron chi connectivity index (χ0n) is 9.04. The number of rotatable bonds is 4. The van der Waals surface area contributed by atoms with E-state index in [9.17, 15) is 0 Å². The van der Waals surface area contributed by atoms with Crippen molar-refractivity contribution in [2.75, 3.05) is 6.61 Å². The fourth-order valence-corrected chi connectivity index (χ4v) is 0.672. The van der Waals surface area contributed by atoms with Crippen LogP contribution in [0.25, 0.3) is 0 Å². The molecule has 0 aromatic heterocycles. The molecule has 0 rings (SSSR count). The molecule has 1 heteroatoms. The first-order valence-electron chi connectivity index (χ1n) is 4.69. The number of aliphatic hydroxyl groups is 1. The third kappa shape index (κ3) is 6.35. The van der Waals surface area contributed by atoms with Gasteiger partial charge in [-0.05, 0) is 25.3 Å². The lowest BCUT2D eigenvalue weighted by Gasteiger charge is -2.01. The molecule has 13 heavy (non-hydrogen) atoms. The molecule has 0 aliphatic rings. The van der Waals surface area contributed by atoms with E-state index >= 15 is 0 Å². The maximum Gasteiger partial charge on any atom is 0.0642 e. The van der Waals surface area contributed by atoms with Crippen LogP contribution in [0.1, 0.15) is 27.7 Å². The highest BCUT2D eigenvalue weighted by molar-refractivity contribution is 5.18. The van der Waals surface area contributed by atoms with Gasteiger partial charge in [-0.3, -0.25) is 0 Å². The lowest BCUT2D eigenvalue weighted by molar-refractivity contribution is 0.331. The molecule has 0 fully saturated rings. The van der Waals surface area contributed by atoms with Crippen LogP contribution in [0, 0.1) is 5.92 Å². The van der Waals surface area contributed by atoms with Gasteiger partial charge in [0.05, 0.1) is 6.61 Å². The molecule has 0 heterocycles. The SMILES string of the molecule is C\C(=C/C=C/C=C(\C)C(C)C)CO. The minimum Gasteiger partial charge on any atom is -0.392 e. The number of aliphatic hydroxyl groups excluding tert-OH is 1. The van der Waals surface area contributed by atoms with Crippen LogP contribution in [0.3, 0.4) is 0 Å². The van der Waals surface area contributed by atoms with Crippen LogP contribution in [0.4, 0.5) is 0 Å². The number of allylic oxidation sites excluding steroid dienone is 5. The van der Waals surface area contributed by atoms with Gasteiger partial charge in [0, 0.05) is 0 Å². The first kappa shape index (κ1) is 12.2. The van der Waals surface area contributed by atoms with Crippen LogP contribution in [0.2, 0.25) is 0 Å². The second kappa shape index (κ2) is 6.67. The molecular formula is C12H20O. The molecule has 0 radical (unpaired) electrons. The van der Waals surface area contributed by atoms with Crippen molar-refractivity contribution in [2.45, 2.75) is 27.7 Å². The van der Waals surface area contributed by atoms with Crippen LogP contribution < -0.4 is 0 Å². The Morgan fingerprint density at radius 3 is 2.15 bits per heavy atom. The zero-order valence-corrected chi connectivity index (χ0v) is 9.04. The summed E-state index contributed by atoms with van der Waals surface area (Å²) in [6.45, 7) is 8.52. The molecule has 1 N–H and O–H groups in total. The maximum atomic E-state index is 8.71. The van der Waals surface area contributed by atoms with Crippen LogP contribution >= 0.6 is 0 Å². The Labute approximate surface area is 81.5 Å². The van der Waals surface area contributed by atoms with Crippen molar-refractivity contribution in [1.82, 2.24) is 0 Å². The van der Waals surface area contributed by atoms with E-state index < -0.39 is 0 Å². The van der Waals surface area contributed by atoms with E-state index in [0.717, 1.165) is 5.57 Å². The van der Waals surface area contributed by atoms with Gasteiger partial charge >= 0.3 is 0 Å². The Morgan fingerprint density at radius 1 is 1.15 bits per heavy atom. The summed E-state index contributed by atoms with van der Waals surface area (Å²) in [4.78, 5) is 0. The largest absolute Gasteiger partial charge is 0.392 e. The molecule has 0 bridgehead atoms. The second-order valence-electron chi connectivity index (χ2n) is 3.62. The Bertz CT molecular complexity index is 219. The molecule has 0 amide bonds. The fourth-order valence-electron chi connectivity index (χ4n) is 0.672. The summed E-state index contributed by atoms with van der Waals surface area (Å²) in [6, 6.07) is 0. The normalized spacial score (nSPS) is 14.6. The van der Waals surface area contributed by atoms with Crippen LogP contribution in [0.15, 0.2) is 35.5 Å². The molecule has 0 aliphatic carbocycles. The molecule has 1 nitrogen and oxygen atoms in total. The van der Waals surface area contributed by atoms with Gasteiger partial charge in [-0.15, -0.1) is 0 Å². The molecule has 0 aliphatic heterocycles. The topological polar surface area (TPSA) is 20.2 Å². The molecule has 0 unspecified atom stereocenters. The predicted molar refractivity (Wildman–Crippen MR) is 58.6 cm³/mol. The van der Waals surface area contributed by atoms with E-state index in [1.165, 1.54) is 5.57 Å². The van der Waals surface area contributed by atoms with Crippen molar-refractivity contribution in [2.24, 2.45) is 5.92 Å². The highest BCUT2D eigenvalue weighted by atomic mass is 16.3. The van der Waals surface area contributed by atoms with Gasteiger partial charge in [0.15, 0.2) is 0 Å². The van der Waals surface area contributed by atoms with Crippen LogP contribution in [-0.4, -0.2) is 11.7 Å². The predicted octanol–water partition coefficient (Wildman–Crippen LogP) is 3.08. The molecule has 0 saturated carbocycles. The fraction of sp³-hybridized carbons (Fsp3) is 0.500. The van der Waals surface area contributed by atoms with Crippen molar-refractivity contribution in [3.05, 3.63) is 35.5 Å². The van der Waals surface area contributed by atoms with Gasteiger partial charge in [0.25, 0.3) is 0 Å². The van der Waals surface area contributed by atoms with Crippen LogP contribution in [-0.2, 0) is 0 Å². The zero-order chi connectivity index (χ0) is 10.3. The molecule has 0 atom stereocenters. The summed E-state index contributed by atoms with van der Waals surface area (Å²) in [7, 11) is 0. The maximum absolute atomic E-state index is 8.71. The standard InChI is InChI=1S/C12H20O/c1-10(2)12(4)8-6-5-7-11(3)9-13/h5-8,10,13H,9H2,1-4H3/b6-5+,11-7+,12-8+. The van der Waals surface area contributed by atoms with Crippen molar-refractivity contribution >= 4 is 0 Å². The van der Waals surface area contributed by atoms with Crippen molar-refractivity contribution in [3.8, 4) is 0 Å². The Morgan fingerprint density at radius 2 is 1.69 bits per heavy atom. The van der Waals surface area contributed by atoms with Crippen molar-refractivity contribution < 1.29 is 5.11 Å². The Hall–Kier alpha value is -0.820. The van der Waals surface area contributed by atoms with E-state index in [4.69, 9.17) is 5.11 Å². The first-order chi connectivity index (χ1) is 6.07. The van der Waals surface area contributed by atoms with Gasteiger partial charge in [0.2, 0.25) is 0 Å². The second-order valence-corrected chi connectivity index (χ2v) is 3.62. The monoisotopic (exact) mass is 180 g/mol. The summed E-state index contributed by atoms with van der Waals surface area (Å²) in [6.07, 6.45) is 7.99. The van der Waals surface area contributed by atoms with Crippen LogP contribution in [0.5, 0.6) is 0 Å². The van der Waals surface area contributed by atoms with E-state index in [-0.39, 0.29) is 6.61 Å². The summed E-state index contributed by atoms with van der Waals surface area (Å²) in [5, 5.41) is 8.71. The smallest absolute Gasteiger partial charge is 0.0642 e. The highest BCUT2D eigenvalue weighted by Crippen LogP contribution is 2.07. The van der Waals surface area contributed by atoms with Gasteiger partial charge in [-0.25, -0.2) is 0 Å². The molecule has 0 saturated heterocycles. The minimum atomic E-state index is 0.136. The molecule has 74 valence electrons. The number of hydrogen-bond acceptors (Lipinski definition) is 1. The minimum absolute atomic E-state index is 0.136. The highest BCUT2D eigenvalue weighted by Gasteiger charge is 1.91. The van der Waals surface area contributed by atoms with E-state index in [1.807, 2.05) is 25.2 Å². The van der Waals surface area contributed by atoms with Gasteiger partial charge < -0.3 is 5.11 Å². The van der Waals surface area contributed by atoms with Gasteiger partial charge in [0.1, 0.15) is 0 Å². The Kier molecular flexibility index (Phi) is 6.25. The average molecular weight is 180 g/mol. The third-order valence-electron chi connectivity index (χ3n) is 2.01. The van der Waals surface area contributed by atoms with E-state index in [2.05, 4.69) is 26.8 Å². The Balaban J connectivity index is 4.08. The summed E-state index contributed by atoms with van der Waals surface area (Å²) in [5.41, 5.74) is 2.35. The quantitative estimate of drug-likeness (QED) is 0.659. The molecule has 0 spiro atoms. The first-order valence-corrected chi connectivity index (χ1v) is 4.69. The lowest BCUT2D eigenvalue weighted by atomic mass is 10.1. The van der Waals surface area contributed by atoms with Gasteiger partial charge in [-0.2, -0.15) is 0 Å². The summed E-state index contributed by atoms with van der Waals surface area (Å²) < 4.78 is 0. The summed E-state index contributed by atoms with van der Waals surface area (Å²) in [5.74, 6) is 0.604. The number of hydrogen-bond donors (Lipinski definition) is 1. The summed E-state index contributed by atoms with van der Waals surface area (Å²) >= 11 is 0. The molecule has 0 aromatic carbocycles. The average Bonchev–Trinajstić information content (AvgIpc) is 2.11. The molecular weight excluding hydrogens is 160 g/mol.